The molecule has 2 N–H and O–H groups in total. The number of nitrogens with one attached hydrogen (secondary N) is 2. The van der Waals surface area contributed by atoms with Crippen molar-refractivity contribution in [2.24, 2.45) is 0 Å². The standard InChI is InChI=1S/C24H33FN4O3S/c1-19-4-3-5-22(18-19)29-16-14-28(15-17-29)13-11-20(2)27-24(30)10-12-26-33(31,32)23-8-6-21(25)7-9-23/h3-9,18,20,26H,10-17H2,1-2H3,(H,27,30). The molecule has 7 nitrogen and oxygen atoms in total. The second-order valence-corrected chi connectivity index (χ2v) is 10.3. The molecule has 3 rings (SSSR count). The molecule has 0 spiro atoms. The first-order valence-electron chi connectivity index (χ1n) is 11.3. The normalized spacial score (nSPS) is 15.9. The van der Waals surface area contributed by atoms with Crippen molar-refractivity contribution < 1.29 is 17.6 Å². The lowest BCUT2D eigenvalue weighted by molar-refractivity contribution is -0.121. The lowest BCUT2D eigenvalue weighted by atomic mass is 10.1. The van der Waals surface area contributed by atoms with Crippen LogP contribution in [-0.2, 0) is 14.8 Å². The van der Waals surface area contributed by atoms with Crippen LogP contribution in [-0.4, -0.2) is 64.5 Å². The molecule has 1 aliphatic rings. The largest absolute Gasteiger partial charge is 0.369 e. The highest BCUT2D eigenvalue weighted by molar-refractivity contribution is 7.89. The Morgan fingerprint density at radius 3 is 2.45 bits per heavy atom. The Morgan fingerprint density at radius 1 is 1.09 bits per heavy atom. The summed E-state index contributed by atoms with van der Waals surface area (Å²) in [5, 5.41) is 2.93. The van der Waals surface area contributed by atoms with E-state index >= 15 is 0 Å². The molecular weight excluding hydrogens is 443 g/mol. The van der Waals surface area contributed by atoms with Crippen LogP contribution in [0.5, 0.6) is 0 Å². The van der Waals surface area contributed by atoms with Gasteiger partial charge in [0.2, 0.25) is 15.9 Å². The van der Waals surface area contributed by atoms with Gasteiger partial charge in [-0.3, -0.25) is 9.69 Å². The molecule has 180 valence electrons. The fraction of sp³-hybridized carbons (Fsp3) is 0.458. The Bertz CT molecular complexity index is 1020. The average Bonchev–Trinajstić information content (AvgIpc) is 2.78. The smallest absolute Gasteiger partial charge is 0.240 e. The summed E-state index contributed by atoms with van der Waals surface area (Å²) in [4.78, 5) is 17.0. The fourth-order valence-electron chi connectivity index (χ4n) is 3.85. The molecule has 1 atom stereocenters. The lowest BCUT2D eigenvalue weighted by Gasteiger charge is -2.36. The maximum absolute atomic E-state index is 13.0. The third-order valence-corrected chi connectivity index (χ3v) is 7.27. The van der Waals surface area contributed by atoms with Crippen LogP contribution in [0.1, 0.15) is 25.3 Å². The van der Waals surface area contributed by atoms with Crippen LogP contribution < -0.4 is 14.9 Å². The second-order valence-electron chi connectivity index (χ2n) is 8.53. The van der Waals surface area contributed by atoms with Crippen molar-refractivity contribution in [3.63, 3.8) is 0 Å². The van der Waals surface area contributed by atoms with Crippen molar-refractivity contribution in [2.45, 2.75) is 37.6 Å². The number of aryl methyl sites for hydroxylation is 1. The van der Waals surface area contributed by atoms with Gasteiger partial charge in [0.25, 0.3) is 0 Å². The van der Waals surface area contributed by atoms with Crippen molar-refractivity contribution in [2.75, 3.05) is 44.2 Å². The van der Waals surface area contributed by atoms with Crippen molar-refractivity contribution in [1.82, 2.24) is 14.9 Å². The van der Waals surface area contributed by atoms with Crippen LogP contribution in [0.15, 0.2) is 53.4 Å². The highest BCUT2D eigenvalue weighted by Crippen LogP contribution is 2.18. The topological polar surface area (TPSA) is 81.8 Å². The molecule has 9 heteroatoms. The highest BCUT2D eigenvalue weighted by Gasteiger charge is 2.19. The molecule has 2 aromatic carbocycles. The lowest BCUT2D eigenvalue weighted by Crippen LogP contribution is -2.47. The first-order chi connectivity index (χ1) is 15.7. The van der Waals surface area contributed by atoms with Crippen molar-refractivity contribution in [3.8, 4) is 0 Å². The minimum atomic E-state index is -3.76. The summed E-state index contributed by atoms with van der Waals surface area (Å²) in [6.45, 7) is 8.90. The van der Waals surface area contributed by atoms with E-state index in [1.165, 1.54) is 23.4 Å². The summed E-state index contributed by atoms with van der Waals surface area (Å²) in [6, 6.07) is 13.1. The number of piperazine rings is 1. The van der Waals surface area contributed by atoms with Gasteiger partial charge in [0.05, 0.1) is 4.90 Å². The Labute approximate surface area is 196 Å². The summed E-state index contributed by atoms with van der Waals surface area (Å²) in [6.07, 6.45) is 0.872. The Balaban J connectivity index is 1.32. The summed E-state index contributed by atoms with van der Waals surface area (Å²) in [7, 11) is -3.76. The summed E-state index contributed by atoms with van der Waals surface area (Å²) < 4.78 is 39.7. The predicted octanol–water partition coefficient (Wildman–Crippen LogP) is 2.52. The molecule has 33 heavy (non-hydrogen) atoms. The molecule has 1 saturated heterocycles. The number of carbonyl (C=O) groups excluding carboxylic acids is 1. The number of halogens is 1. The zero-order chi connectivity index (χ0) is 23.8. The molecule has 0 radical (unpaired) electrons. The number of rotatable bonds is 10. The van der Waals surface area contributed by atoms with Crippen LogP contribution >= 0.6 is 0 Å². The number of hydrogen-bond acceptors (Lipinski definition) is 5. The maximum atomic E-state index is 13.0. The van der Waals surface area contributed by atoms with E-state index in [4.69, 9.17) is 0 Å². The highest BCUT2D eigenvalue weighted by atomic mass is 32.2. The van der Waals surface area contributed by atoms with Gasteiger partial charge in [0.15, 0.2) is 0 Å². The summed E-state index contributed by atoms with van der Waals surface area (Å²) >= 11 is 0. The van der Waals surface area contributed by atoms with E-state index in [9.17, 15) is 17.6 Å². The molecule has 1 aliphatic heterocycles. The molecule has 0 saturated carbocycles. The van der Waals surface area contributed by atoms with Gasteiger partial charge in [-0.25, -0.2) is 17.5 Å². The maximum Gasteiger partial charge on any atom is 0.240 e. The number of amides is 1. The Kier molecular flexibility index (Phi) is 8.82. The molecule has 0 aromatic heterocycles. The van der Waals surface area contributed by atoms with E-state index in [-0.39, 0.29) is 29.8 Å². The zero-order valence-corrected chi connectivity index (χ0v) is 20.1. The van der Waals surface area contributed by atoms with Gasteiger partial charge >= 0.3 is 0 Å². The molecule has 1 heterocycles. The number of benzene rings is 2. The molecular formula is C24H33FN4O3S. The minimum Gasteiger partial charge on any atom is -0.369 e. The van der Waals surface area contributed by atoms with Crippen molar-refractivity contribution in [3.05, 3.63) is 59.9 Å². The van der Waals surface area contributed by atoms with Gasteiger partial charge in [-0.1, -0.05) is 12.1 Å². The molecule has 1 unspecified atom stereocenters. The molecule has 0 bridgehead atoms. The third-order valence-electron chi connectivity index (χ3n) is 5.79. The van der Waals surface area contributed by atoms with E-state index in [1.807, 2.05) is 6.92 Å². The summed E-state index contributed by atoms with van der Waals surface area (Å²) in [5.74, 6) is -0.705. The minimum absolute atomic E-state index is 0.000934. The van der Waals surface area contributed by atoms with E-state index in [0.717, 1.165) is 51.3 Å². The SMILES string of the molecule is Cc1cccc(N2CCN(CCC(C)NC(=O)CCNS(=O)(=O)c3ccc(F)cc3)CC2)c1. The van der Waals surface area contributed by atoms with Crippen LogP contribution in [0, 0.1) is 12.7 Å². The molecule has 1 amide bonds. The van der Waals surface area contributed by atoms with E-state index in [2.05, 4.69) is 51.0 Å². The molecule has 2 aromatic rings. The quantitative estimate of drug-likeness (QED) is 0.551. The summed E-state index contributed by atoms with van der Waals surface area (Å²) in [5.41, 5.74) is 2.54. The van der Waals surface area contributed by atoms with E-state index < -0.39 is 15.8 Å². The number of carbonyl (C=O) groups is 1. The van der Waals surface area contributed by atoms with Crippen LogP contribution in [0.2, 0.25) is 0 Å². The monoisotopic (exact) mass is 476 g/mol. The predicted molar refractivity (Wildman–Crippen MR) is 128 cm³/mol. The van der Waals surface area contributed by atoms with Crippen LogP contribution in [0.4, 0.5) is 10.1 Å². The van der Waals surface area contributed by atoms with E-state index in [0.29, 0.717) is 0 Å². The van der Waals surface area contributed by atoms with Gasteiger partial charge in [0, 0.05) is 57.4 Å². The Hall–Kier alpha value is -2.49. The number of anilines is 1. The van der Waals surface area contributed by atoms with Gasteiger partial charge in [-0.05, 0) is 62.2 Å². The third kappa shape index (κ3) is 7.80. The molecule has 0 aliphatic carbocycles. The van der Waals surface area contributed by atoms with Crippen molar-refractivity contribution >= 4 is 21.6 Å². The van der Waals surface area contributed by atoms with Gasteiger partial charge in [-0.2, -0.15) is 0 Å². The first-order valence-corrected chi connectivity index (χ1v) is 12.8. The van der Waals surface area contributed by atoms with Gasteiger partial charge < -0.3 is 10.2 Å². The Morgan fingerprint density at radius 2 is 1.79 bits per heavy atom. The van der Waals surface area contributed by atoms with E-state index in [1.54, 1.807) is 0 Å². The van der Waals surface area contributed by atoms with Gasteiger partial charge in [-0.15, -0.1) is 0 Å². The van der Waals surface area contributed by atoms with Crippen LogP contribution in [0.3, 0.4) is 0 Å². The second kappa shape index (κ2) is 11.6. The van der Waals surface area contributed by atoms with Gasteiger partial charge in [0.1, 0.15) is 5.82 Å². The average molecular weight is 477 g/mol. The number of nitrogens with zero attached hydrogens (tertiary/aromatic N) is 2. The number of sulfonamides is 1. The van der Waals surface area contributed by atoms with Crippen molar-refractivity contribution in [1.29, 1.82) is 0 Å². The fourth-order valence-corrected chi connectivity index (χ4v) is 4.88. The first kappa shape index (κ1) is 25.1. The zero-order valence-electron chi connectivity index (χ0n) is 19.3. The van der Waals surface area contributed by atoms with Crippen LogP contribution in [0.25, 0.3) is 0 Å². The molecule has 1 fully saturated rings. The number of hydrogen-bond donors (Lipinski definition) is 2.